The third-order valence-corrected chi connectivity index (χ3v) is 6.31. The first-order valence-electron chi connectivity index (χ1n) is 11.6. The second-order valence-corrected chi connectivity index (χ2v) is 8.98. The Morgan fingerprint density at radius 3 is 2.88 bits per heavy atom. The highest BCUT2D eigenvalue weighted by molar-refractivity contribution is 5.93. The van der Waals surface area contributed by atoms with Gasteiger partial charge in [0, 0.05) is 48.4 Å². The van der Waals surface area contributed by atoms with E-state index in [2.05, 4.69) is 41.4 Å². The summed E-state index contributed by atoms with van der Waals surface area (Å²) >= 11 is 0. The Hall–Kier alpha value is -3.27. The maximum atomic E-state index is 12.7. The average Bonchev–Trinajstić information content (AvgIpc) is 3.59. The second kappa shape index (κ2) is 9.30. The van der Waals surface area contributed by atoms with Crippen LogP contribution in [-0.4, -0.2) is 68.5 Å². The van der Waals surface area contributed by atoms with Gasteiger partial charge in [-0.05, 0) is 50.7 Å². The molecule has 5 rings (SSSR count). The zero-order valence-corrected chi connectivity index (χ0v) is 18.7. The molecule has 33 heavy (non-hydrogen) atoms. The molecular weight excluding hydrogens is 422 g/mol. The summed E-state index contributed by atoms with van der Waals surface area (Å²) in [5, 5.41) is 20.6. The summed E-state index contributed by atoms with van der Waals surface area (Å²) in [4.78, 5) is 28.1. The minimum atomic E-state index is -0.360. The van der Waals surface area contributed by atoms with E-state index in [1.54, 1.807) is 19.2 Å². The molecule has 0 spiro atoms. The molecule has 10 heteroatoms. The Morgan fingerprint density at radius 2 is 2.12 bits per heavy atom. The highest BCUT2D eigenvalue weighted by atomic mass is 16.5. The number of H-pyrrole nitrogens is 1. The van der Waals surface area contributed by atoms with Crippen molar-refractivity contribution in [2.24, 2.45) is 5.92 Å². The lowest BCUT2D eigenvalue weighted by Gasteiger charge is -2.32. The van der Waals surface area contributed by atoms with Gasteiger partial charge in [0.1, 0.15) is 11.5 Å². The summed E-state index contributed by atoms with van der Waals surface area (Å²) in [6, 6.07) is 5.57. The third kappa shape index (κ3) is 4.90. The number of rotatable bonds is 8. The Balaban J connectivity index is 1.32. The first kappa shape index (κ1) is 21.6. The van der Waals surface area contributed by atoms with Crippen molar-refractivity contribution >= 4 is 22.8 Å². The number of hydrogen-bond donors (Lipinski definition) is 3. The largest absolute Gasteiger partial charge is 0.463 e. The van der Waals surface area contributed by atoms with E-state index < -0.39 is 0 Å². The Bertz CT molecular complexity index is 1120. The van der Waals surface area contributed by atoms with Crippen molar-refractivity contribution in [3.05, 3.63) is 35.8 Å². The first-order chi connectivity index (χ1) is 16.1. The van der Waals surface area contributed by atoms with Gasteiger partial charge < -0.3 is 20.1 Å². The third-order valence-electron chi connectivity index (χ3n) is 6.31. The van der Waals surface area contributed by atoms with E-state index in [0.29, 0.717) is 24.3 Å². The van der Waals surface area contributed by atoms with E-state index in [-0.39, 0.29) is 30.3 Å². The number of aliphatic hydroxyl groups is 1. The van der Waals surface area contributed by atoms with Crippen LogP contribution in [0.15, 0.2) is 24.4 Å². The van der Waals surface area contributed by atoms with Crippen LogP contribution < -0.4 is 15.0 Å². The van der Waals surface area contributed by atoms with Crippen molar-refractivity contribution < 1.29 is 14.6 Å². The molecule has 1 atom stereocenters. The van der Waals surface area contributed by atoms with E-state index >= 15 is 0 Å². The smallest absolute Gasteiger partial charge is 0.319 e. The molecule has 0 aromatic carbocycles. The standard InChI is InChI=1S/C23H29N7O3/c1-14(12-31)25-22(32)18-11-19(27-23(26-18)33-13-15-4-5-15)30-9-6-16(7-10-30)20-17-3-2-8-24-21(17)29-28-20/h2-3,8,11,14-16,31H,4-7,9-10,12-13H2,1H3,(H,25,32)(H,24,28,29)/t14-/m1/s1. The molecule has 0 bridgehead atoms. The van der Waals surface area contributed by atoms with Gasteiger partial charge in [-0.25, -0.2) is 4.98 Å². The van der Waals surface area contributed by atoms with Crippen molar-refractivity contribution in [1.82, 2.24) is 30.5 Å². The van der Waals surface area contributed by atoms with E-state index in [1.165, 1.54) is 0 Å². The number of carbonyl (C=O) groups excluding carboxylic acids is 1. The zero-order chi connectivity index (χ0) is 22.8. The van der Waals surface area contributed by atoms with Gasteiger partial charge >= 0.3 is 6.01 Å². The summed E-state index contributed by atoms with van der Waals surface area (Å²) in [6.45, 7) is 3.75. The SMILES string of the molecule is C[C@H](CO)NC(=O)c1cc(N2CCC(c3[nH]nc4ncccc34)CC2)nc(OCC2CC2)n1. The number of aliphatic hydroxyl groups excluding tert-OH is 1. The van der Waals surface area contributed by atoms with Crippen molar-refractivity contribution in [1.29, 1.82) is 0 Å². The van der Waals surface area contributed by atoms with Gasteiger partial charge in [0.25, 0.3) is 5.91 Å². The van der Waals surface area contributed by atoms with Crippen LogP contribution in [0.3, 0.4) is 0 Å². The number of fused-ring (bicyclic) bond motifs is 1. The van der Waals surface area contributed by atoms with Crippen LogP contribution in [0.2, 0.25) is 0 Å². The number of hydrogen-bond acceptors (Lipinski definition) is 8. The van der Waals surface area contributed by atoms with Crippen molar-refractivity contribution in [3.8, 4) is 6.01 Å². The van der Waals surface area contributed by atoms with Gasteiger partial charge in [0.15, 0.2) is 5.65 Å². The predicted octanol–water partition coefficient (Wildman–Crippen LogP) is 2.03. The number of anilines is 1. The summed E-state index contributed by atoms with van der Waals surface area (Å²) < 4.78 is 5.81. The zero-order valence-electron chi connectivity index (χ0n) is 18.7. The maximum Gasteiger partial charge on any atom is 0.319 e. The number of nitrogens with one attached hydrogen (secondary N) is 2. The summed E-state index contributed by atoms with van der Waals surface area (Å²) in [5.41, 5.74) is 2.13. The topological polar surface area (TPSA) is 129 Å². The minimum Gasteiger partial charge on any atom is -0.463 e. The van der Waals surface area contributed by atoms with E-state index in [9.17, 15) is 9.90 Å². The maximum absolute atomic E-state index is 12.7. The van der Waals surface area contributed by atoms with Crippen molar-refractivity contribution in [2.45, 2.75) is 44.6 Å². The highest BCUT2D eigenvalue weighted by Crippen LogP contribution is 2.33. The van der Waals surface area contributed by atoms with Crippen LogP contribution in [0.25, 0.3) is 11.0 Å². The lowest BCUT2D eigenvalue weighted by atomic mass is 9.92. The second-order valence-electron chi connectivity index (χ2n) is 8.98. The van der Waals surface area contributed by atoms with Crippen LogP contribution in [0.1, 0.15) is 54.7 Å². The number of piperidine rings is 1. The molecule has 1 aliphatic heterocycles. The average molecular weight is 452 g/mol. The molecule has 4 heterocycles. The minimum absolute atomic E-state index is 0.139. The van der Waals surface area contributed by atoms with Gasteiger partial charge in [-0.1, -0.05) is 0 Å². The molecule has 1 saturated heterocycles. The number of amides is 1. The Morgan fingerprint density at radius 1 is 1.30 bits per heavy atom. The molecule has 3 aromatic heterocycles. The molecule has 174 valence electrons. The molecule has 1 saturated carbocycles. The fourth-order valence-electron chi connectivity index (χ4n) is 4.15. The van der Waals surface area contributed by atoms with Gasteiger partial charge in [0.05, 0.1) is 13.2 Å². The lowest BCUT2D eigenvalue weighted by Crippen LogP contribution is -2.36. The molecule has 10 nitrogen and oxygen atoms in total. The number of ether oxygens (including phenoxy) is 1. The van der Waals surface area contributed by atoms with Gasteiger partial charge in [-0.2, -0.15) is 15.1 Å². The summed E-state index contributed by atoms with van der Waals surface area (Å²) in [5.74, 6) is 1.25. The van der Waals surface area contributed by atoms with Crippen molar-refractivity contribution in [3.63, 3.8) is 0 Å². The van der Waals surface area contributed by atoms with E-state index in [0.717, 1.165) is 55.5 Å². The van der Waals surface area contributed by atoms with E-state index in [1.807, 2.05) is 6.07 Å². The Labute approximate surface area is 191 Å². The van der Waals surface area contributed by atoms with Crippen LogP contribution in [0, 0.1) is 5.92 Å². The van der Waals surface area contributed by atoms with Gasteiger partial charge in [-0.3, -0.25) is 9.89 Å². The molecule has 1 aliphatic carbocycles. The molecule has 3 N–H and O–H groups in total. The fourth-order valence-corrected chi connectivity index (χ4v) is 4.15. The van der Waals surface area contributed by atoms with Crippen molar-refractivity contribution in [2.75, 3.05) is 31.2 Å². The lowest BCUT2D eigenvalue weighted by molar-refractivity contribution is 0.0915. The normalized spacial score (nSPS) is 17.8. The van der Waals surface area contributed by atoms with Crippen LogP contribution in [0.4, 0.5) is 5.82 Å². The molecular formula is C23H29N7O3. The van der Waals surface area contributed by atoms with Crippen LogP contribution >= 0.6 is 0 Å². The Kier molecular flexibility index (Phi) is 6.08. The van der Waals surface area contributed by atoms with E-state index in [4.69, 9.17) is 4.74 Å². The number of aromatic nitrogens is 5. The summed E-state index contributed by atoms with van der Waals surface area (Å²) in [7, 11) is 0. The molecule has 2 aliphatic rings. The quantitative estimate of drug-likeness (QED) is 0.474. The summed E-state index contributed by atoms with van der Waals surface area (Å²) in [6.07, 6.45) is 5.93. The predicted molar refractivity (Wildman–Crippen MR) is 122 cm³/mol. The number of carbonyl (C=O) groups is 1. The number of pyridine rings is 1. The van der Waals surface area contributed by atoms with Crippen LogP contribution in [-0.2, 0) is 0 Å². The number of aromatic amines is 1. The molecule has 1 amide bonds. The fraction of sp³-hybridized carbons (Fsp3) is 0.522. The molecule has 2 fully saturated rings. The molecule has 0 radical (unpaired) electrons. The highest BCUT2D eigenvalue weighted by Gasteiger charge is 2.27. The molecule has 3 aromatic rings. The first-order valence-corrected chi connectivity index (χ1v) is 11.6. The monoisotopic (exact) mass is 451 g/mol. The van der Waals surface area contributed by atoms with Gasteiger partial charge in [0.2, 0.25) is 0 Å². The molecule has 0 unspecified atom stereocenters. The van der Waals surface area contributed by atoms with Crippen LogP contribution in [0.5, 0.6) is 6.01 Å². The van der Waals surface area contributed by atoms with Gasteiger partial charge in [-0.15, -0.1) is 0 Å². The number of nitrogens with zero attached hydrogens (tertiary/aromatic N) is 5.